The lowest BCUT2D eigenvalue weighted by atomic mass is 9.99. The topological polar surface area (TPSA) is 336 Å². The SMILES string of the molecule is COc1cc2c(cc1OCCCOc1cc3c(cc1OC)C(=O)N1C=C(c4ccc(N5CCN(C)CC5)cc4)C[C@H]1C=N3)N=C[C@@H]1CC(c3ccc(NC(=O)[C@H](C)NC(=O)[C@@H](NC(=O)CCOCCOCCOCCOCCOCCOCCOCCOCCNC(=O)CCN4C(=O)CC(c5ccccccccc5)C4=O)C(C)C)cc3)=CN1C2=O. The Labute approximate surface area is 706 Å². The van der Waals surface area contributed by atoms with Gasteiger partial charge in [0.05, 0.1) is 174 Å². The third-order valence-corrected chi connectivity index (χ3v) is 21.0. The van der Waals surface area contributed by atoms with E-state index in [-0.39, 0.29) is 119 Å². The van der Waals surface area contributed by atoms with Crippen LogP contribution in [0.3, 0.4) is 0 Å². The number of rotatable bonds is 48. The maximum absolute atomic E-state index is 14.2. The van der Waals surface area contributed by atoms with Gasteiger partial charge >= 0.3 is 0 Å². The van der Waals surface area contributed by atoms with Crippen molar-refractivity contribution < 1.29 is 95.2 Å². The molecule has 5 atom stereocenters. The van der Waals surface area contributed by atoms with Crippen molar-refractivity contribution in [2.45, 2.75) is 89.4 Å². The number of nitrogens with zero attached hydrogens (tertiary/aromatic N) is 7. The molecule has 31 nitrogen and oxygen atoms in total. The monoisotopic (exact) mass is 1670 g/mol. The molecule has 6 heterocycles. The molecule has 1 unspecified atom stereocenters. The van der Waals surface area contributed by atoms with Crippen LogP contribution in [0.1, 0.15) is 103 Å². The zero-order valence-electron chi connectivity index (χ0n) is 69.9. The summed E-state index contributed by atoms with van der Waals surface area (Å²) in [4.78, 5) is 125. The zero-order valence-corrected chi connectivity index (χ0v) is 69.9. The molecule has 8 amide bonds. The Bertz CT molecular complexity index is 4490. The largest absolute Gasteiger partial charge is 0.493 e. The fourth-order valence-corrected chi connectivity index (χ4v) is 14.2. The molecule has 4 N–H and O–H groups in total. The number of amides is 8. The third kappa shape index (κ3) is 26.7. The smallest absolute Gasteiger partial charge is 0.260 e. The lowest BCUT2D eigenvalue weighted by Gasteiger charge is -2.34. The first kappa shape index (κ1) is 90.8. The van der Waals surface area contributed by atoms with Gasteiger partial charge in [0.15, 0.2) is 23.0 Å². The van der Waals surface area contributed by atoms with Gasteiger partial charge in [-0.3, -0.25) is 53.2 Å². The van der Waals surface area contributed by atoms with Gasteiger partial charge in [0.25, 0.3) is 11.8 Å². The van der Waals surface area contributed by atoms with Gasteiger partial charge in [-0.1, -0.05) is 92.7 Å². The molecule has 0 spiro atoms. The Morgan fingerprint density at radius 3 is 1.43 bits per heavy atom. The number of piperazine rings is 1. The number of hydrogen-bond acceptors (Lipinski definition) is 24. The Kier molecular flexibility index (Phi) is 35.5. The molecule has 0 bridgehead atoms. The van der Waals surface area contributed by atoms with Crippen LogP contribution >= 0.6 is 0 Å². The average molecular weight is 1670 g/mol. The minimum atomic E-state index is -0.946. The van der Waals surface area contributed by atoms with E-state index in [9.17, 15) is 38.4 Å². The summed E-state index contributed by atoms with van der Waals surface area (Å²) >= 11 is 0. The predicted molar refractivity (Wildman–Crippen MR) is 456 cm³/mol. The molecule has 2 saturated heterocycles. The maximum atomic E-state index is 14.2. The van der Waals surface area contributed by atoms with Gasteiger partial charge < -0.3 is 97.7 Å². The van der Waals surface area contributed by atoms with Crippen LogP contribution in [0, 0.1) is 5.92 Å². The summed E-state index contributed by atoms with van der Waals surface area (Å²) < 4.78 is 68.3. The van der Waals surface area contributed by atoms with Gasteiger partial charge in [-0.05, 0) is 84.1 Å². The van der Waals surface area contributed by atoms with Gasteiger partial charge in [-0.2, -0.15) is 0 Å². The molecule has 121 heavy (non-hydrogen) atoms. The number of imide groups is 1. The van der Waals surface area contributed by atoms with E-state index in [4.69, 9.17) is 66.8 Å². The predicted octanol–water partition coefficient (Wildman–Crippen LogP) is 8.53. The Hall–Kier alpha value is -11.0. The van der Waals surface area contributed by atoms with Crippen molar-refractivity contribution in [1.29, 1.82) is 0 Å². The highest BCUT2D eigenvalue weighted by molar-refractivity contribution is 6.08. The normalized spacial score (nSPS) is 17.2. The standard InChI is InChI=1S/C90H113N11O20/c1-62(2)85(96-83(103)26-35-112-37-39-114-41-43-116-45-47-118-49-50-119-48-46-117-44-42-115-40-38-113-36-27-91-82(102)25-28-99-84(104)55-73(88(99)107)66-15-12-10-8-7-9-11-13-16-66)87(106)94-63(3)86(105)95-69-21-17-64(18-22-69)67-51-71-58-92-76-56-80(78(110-5)53-74(76)89(108)100(71)60-67)120-33-14-34-121-81-57-77-75(54-79(81)111-6)90(109)101-61-68(52-72(101)59-93-77)65-19-23-70(24-20-65)98-31-29-97(4)30-32-98/h7-13,15-24,53-54,56-63,71-73,85H,14,25-52,55H2,1-6H3,(H,91,102)(H,94,106)(H,95,105)(H,96,103)/t63-,71-,72-,73?,85-/m0/s1. The van der Waals surface area contributed by atoms with E-state index in [1.807, 2.05) is 85.3 Å². The van der Waals surface area contributed by atoms with Crippen molar-refractivity contribution in [3.05, 3.63) is 168 Å². The summed E-state index contributed by atoms with van der Waals surface area (Å²) in [7, 11) is 5.20. The number of fused-ring (bicyclic) bond motifs is 4. The Morgan fingerprint density at radius 2 is 0.950 bits per heavy atom. The highest BCUT2D eigenvalue weighted by atomic mass is 16.6. The number of aliphatic imine (C=N–C) groups is 2. The minimum Gasteiger partial charge on any atom is -0.493 e. The summed E-state index contributed by atoms with van der Waals surface area (Å²) in [6, 6.07) is 36.8. The van der Waals surface area contributed by atoms with Gasteiger partial charge in [0.1, 0.15) is 12.1 Å². The van der Waals surface area contributed by atoms with Crippen LogP contribution in [0.5, 0.6) is 23.0 Å². The van der Waals surface area contributed by atoms with Gasteiger partial charge in [-0.15, -0.1) is 0 Å². The molecule has 0 saturated carbocycles. The molecule has 0 radical (unpaired) electrons. The zero-order chi connectivity index (χ0) is 85.2. The first-order valence-electron chi connectivity index (χ1n) is 41.4. The molecule has 31 heteroatoms. The number of likely N-dealkylation sites (tertiary alicyclic amines) is 1. The second kappa shape index (κ2) is 47.3. The van der Waals surface area contributed by atoms with E-state index in [2.05, 4.69) is 62.4 Å². The van der Waals surface area contributed by atoms with Crippen LogP contribution in [-0.2, 0) is 66.7 Å². The number of nitrogens with one attached hydrogen (secondary N) is 4. The van der Waals surface area contributed by atoms with Crippen molar-refractivity contribution in [3.63, 3.8) is 0 Å². The third-order valence-electron chi connectivity index (χ3n) is 21.0. The number of anilines is 2. The van der Waals surface area contributed by atoms with Crippen LogP contribution in [0.25, 0.3) is 11.1 Å². The van der Waals surface area contributed by atoms with E-state index in [0.29, 0.717) is 156 Å². The summed E-state index contributed by atoms with van der Waals surface area (Å²) in [6.07, 6.45) is 9.02. The number of methoxy groups -OCH3 is 2. The molecule has 0 aliphatic carbocycles. The Balaban J connectivity index is 0.484. The molecule has 6 aliphatic heterocycles. The van der Waals surface area contributed by atoms with Crippen molar-refractivity contribution in [2.24, 2.45) is 15.9 Å². The van der Waals surface area contributed by atoms with E-state index in [0.717, 1.165) is 54.0 Å². The number of ether oxygens (including phenoxy) is 12. The van der Waals surface area contributed by atoms with Crippen molar-refractivity contribution in [2.75, 3.05) is 190 Å². The van der Waals surface area contributed by atoms with Crippen LogP contribution in [0.2, 0.25) is 0 Å². The minimum absolute atomic E-state index is 0.00737. The molecule has 5 aromatic carbocycles. The van der Waals surface area contributed by atoms with Crippen LogP contribution in [0.4, 0.5) is 22.7 Å². The summed E-state index contributed by atoms with van der Waals surface area (Å²) in [5, 5.41) is 11.1. The fourth-order valence-electron chi connectivity index (χ4n) is 14.2. The van der Waals surface area contributed by atoms with Crippen molar-refractivity contribution in [1.82, 2.24) is 35.6 Å². The number of likely N-dealkylation sites (N-methyl/N-ethyl adjacent to an activating group) is 1. The van der Waals surface area contributed by atoms with Crippen LogP contribution < -0.4 is 45.1 Å². The number of benzene rings is 4. The van der Waals surface area contributed by atoms with E-state index >= 15 is 0 Å². The molecular formula is C90H113N11O20. The number of hydrogen-bond donors (Lipinski definition) is 4. The molecular weight excluding hydrogens is 1560 g/mol. The van der Waals surface area contributed by atoms with E-state index < -0.39 is 29.8 Å². The molecule has 6 aliphatic rings. The van der Waals surface area contributed by atoms with Gasteiger partial charge in [0.2, 0.25) is 35.4 Å². The number of carbonyl (C=O) groups excluding carboxylic acids is 8. The first-order chi connectivity index (χ1) is 58.9. The average Bonchev–Trinajstić information content (AvgIpc) is 1.64. The lowest BCUT2D eigenvalue weighted by Crippen LogP contribution is -2.53. The lowest BCUT2D eigenvalue weighted by molar-refractivity contribution is -0.139. The van der Waals surface area contributed by atoms with Crippen LogP contribution in [-0.4, -0.2) is 283 Å². The second-order valence-corrected chi connectivity index (χ2v) is 29.9. The molecule has 2 fully saturated rings. The molecule has 0 aromatic heterocycles. The highest BCUT2D eigenvalue weighted by Gasteiger charge is 2.40. The molecule has 648 valence electrons. The highest BCUT2D eigenvalue weighted by Crippen LogP contribution is 2.43. The number of carbonyl (C=O) groups is 8. The quantitative estimate of drug-likeness (QED) is 0.0209. The fraction of sp³-hybridized carbons (Fsp3) is 0.467. The first-order valence-corrected chi connectivity index (χ1v) is 41.4. The second-order valence-electron chi connectivity index (χ2n) is 29.9. The molecule has 11 rings (SSSR count). The van der Waals surface area contributed by atoms with Gasteiger partial charge in [0, 0.05) is 126 Å². The summed E-state index contributed by atoms with van der Waals surface area (Å²) in [5.41, 5.74) is 8.02. The maximum Gasteiger partial charge on any atom is 0.260 e. The molecule has 5 aromatic rings. The summed E-state index contributed by atoms with van der Waals surface area (Å²) in [5.74, 6) is -1.88. The van der Waals surface area contributed by atoms with E-state index in [1.54, 1.807) is 73.2 Å². The van der Waals surface area contributed by atoms with Gasteiger partial charge in [-0.25, -0.2) is 0 Å². The van der Waals surface area contributed by atoms with Crippen molar-refractivity contribution >= 4 is 93.6 Å². The van der Waals surface area contributed by atoms with E-state index in [1.165, 1.54) is 24.8 Å². The van der Waals surface area contributed by atoms with Crippen LogP contribution in [0.15, 0.2) is 150 Å². The Morgan fingerprint density at radius 1 is 0.488 bits per heavy atom. The summed E-state index contributed by atoms with van der Waals surface area (Å²) in [6.45, 7) is 15.5. The van der Waals surface area contributed by atoms with Crippen molar-refractivity contribution in [3.8, 4) is 23.0 Å².